The maximum Gasteiger partial charge on any atom is 0.416 e. The number of aromatic nitrogens is 1. The molecule has 0 aliphatic heterocycles. The molecule has 0 aliphatic rings. The maximum absolute atomic E-state index is 13.9. The van der Waals surface area contributed by atoms with Crippen LogP contribution in [0.25, 0.3) is 0 Å². The molecule has 2 aromatic carbocycles. The van der Waals surface area contributed by atoms with Crippen molar-refractivity contribution in [1.29, 1.82) is 0 Å². The van der Waals surface area contributed by atoms with E-state index in [1.807, 2.05) is 6.92 Å². The molecule has 0 radical (unpaired) electrons. The number of carboxylic acids is 1. The highest BCUT2D eigenvalue weighted by Gasteiger charge is 2.36. The number of nitrogens with zero attached hydrogens (tertiary/aromatic N) is 2. The number of halogens is 5. The van der Waals surface area contributed by atoms with Crippen molar-refractivity contribution in [1.82, 2.24) is 4.98 Å². The second-order valence-electron chi connectivity index (χ2n) is 9.68. The first-order chi connectivity index (χ1) is 17.6. The fourth-order valence-corrected chi connectivity index (χ4v) is 3.71. The Morgan fingerprint density at radius 1 is 0.974 bits per heavy atom. The molecular weight excluding hydrogens is 507 g/mol. The van der Waals surface area contributed by atoms with Gasteiger partial charge < -0.3 is 14.7 Å². The third-order valence-corrected chi connectivity index (χ3v) is 5.98. The van der Waals surface area contributed by atoms with Gasteiger partial charge in [0.05, 0.1) is 5.56 Å². The summed E-state index contributed by atoms with van der Waals surface area (Å²) in [5.41, 5.74) is -1.67. The van der Waals surface area contributed by atoms with Gasteiger partial charge in [0.25, 0.3) is 5.92 Å². The van der Waals surface area contributed by atoms with Gasteiger partial charge in [0.1, 0.15) is 11.6 Å². The fourth-order valence-electron chi connectivity index (χ4n) is 3.71. The van der Waals surface area contributed by atoms with Gasteiger partial charge in [-0.1, -0.05) is 30.3 Å². The molecule has 0 amide bonds. The number of ether oxygens (including phenoxy) is 1. The molecule has 1 heterocycles. The van der Waals surface area contributed by atoms with Gasteiger partial charge in [-0.25, -0.2) is 18.6 Å². The highest BCUT2D eigenvalue weighted by molar-refractivity contribution is 5.76. The molecule has 204 valence electrons. The summed E-state index contributed by atoms with van der Waals surface area (Å²) in [5.74, 6) is -3.72. The van der Waals surface area contributed by atoms with Crippen molar-refractivity contribution in [2.75, 3.05) is 11.4 Å². The molecule has 0 saturated carbocycles. The van der Waals surface area contributed by atoms with E-state index >= 15 is 0 Å². The normalized spacial score (nSPS) is 12.3. The van der Waals surface area contributed by atoms with Crippen LogP contribution in [-0.2, 0) is 29.9 Å². The number of aryl methyl sites for hydroxylation is 1. The van der Waals surface area contributed by atoms with Crippen molar-refractivity contribution in [3.63, 3.8) is 0 Å². The van der Waals surface area contributed by atoms with Gasteiger partial charge in [-0.15, -0.1) is 0 Å². The molecule has 5 nitrogen and oxygen atoms in total. The topological polar surface area (TPSA) is 62.7 Å². The predicted octanol–water partition coefficient (Wildman–Crippen LogP) is 7.01. The first-order valence-corrected chi connectivity index (χ1v) is 11.8. The van der Waals surface area contributed by atoms with Crippen LogP contribution in [0.1, 0.15) is 48.6 Å². The van der Waals surface area contributed by atoms with Gasteiger partial charge in [-0.05, 0) is 68.1 Å². The average molecular weight is 537 g/mol. The van der Waals surface area contributed by atoms with Crippen molar-refractivity contribution in [2.45, 2.75) is 58.4 Å². The standard InChI is InChI=1S/C28H29F5N2O3/c1-18-5-12-24(34-16-18)35(14-13-19-6-10-22(11-7-19)38-26(2,3)25(36)37)17-20-8-9-21(27(4,29)30)15-23(20)28(31,32)33/h5-12,15-16H,13-14,17H2,1-4H3,(H,36,37). The lowest BCUT2D eigenvalue weighted by Gasteiger charge is -2.26. The van der Waals surface area contributed by atoms with Crippen molar-refractivity contribution in [2.24, 2.45) is 0 Å². The summed E-state index contributed by atoms with van der Waals surface area (Å²) in [6.07, 6.45) is -2.79. The smallest absolute Gasteiger partial charge is 0.416 e. The molecule has 0 atom stereocenters. The van der Waals surface area contributed by atoms with Crippen LogP contribution in [0.3, 0.4) is 0 Å². The monoisotopic (exact) mass is 536 g/mol. The SMILES string of the molecule is Cc1ccc(N(CCc2ccc(OC(C)(C)C(=O)O)cc2)Cc2ccc(C(C)(F)F)cc2C(F)(F)F)nc1. The summed E-state index contributed by atoms with van der Waals surface area (Å²) in [4.78, 5) is 17.3. The summed E-state index contributed by atoms with van der Waals surface area (Å²) in [6, 6.07) is 12.8. The molecule has 1 N–H and O–H groups in total. The number of pyridine rings is 1. The quantitative estimate of drug-likeness (QED) is 0.283. The van der Waals surface area contributed by atoms with Crippen molar-refractivity contribution in [3.8, 4) is 5.75 Å². The second-order valence-corrected chi connectivity index (χ2v) is 9.68. The van der Waals surface area contributed by atoms with E-state index in [9.17, 15) is 31.9 Å². The van der Waals surface area contributed by atoms with Crippen molar-refractivity contribution < 1.29 is 36.6 Å². The van der Waals surface area contributed by atoms with E-state index in [-0.39, 0.29) is 18.7 Å². The molecule has 10 heteroatoms. The molecule has 0 unspecified atom stereocenters. The third kappa shape index (κ3) is 7.43. The molecule has 0 saturated heterocycles. The molecule has 1 aromatic heterocycles. The van der Waals surface area contributed by atoms with Gasteiger partial charge in [-0.2, -0.15) is 13.2 Å². The zero-order valence-electron chi connectivity index (χ0n) is 21.4. The lowest BCUT2D eigenvalue weighted by atomic mass is 9.99. The zero-order valence-corrected chi connectivity index (χ0v) is 21.4. The molecule has 3 aromatic rings. The summed E-state index contributed by atoms with van der Waals surface area (Å²) >= 11 is 0. The van der Waals surface area contributed by atoms with E-state index in [1.165, 1.54) is 13.8 Å². The number of hydrogen-bond acceptors (Lipinski definition) is 4. The van der Waals surface area contributed by atoms with Crippen LogP contribution in [0, 0.1) is 6.92 Å². The molecule has 0 bridgehead atoms. The largest absolute Gasteiger partial charge is 0.478 e. The number of carboxylic acid groups (broad SMARTS) is 1. The van der Waals surface area contributed by atoms with Crippen molar-refractivity contribution in [3.05, 3.63) is 88.6 Å². The highest BCUT2D eigenvalue weighted by Crippen LogP contribution is 2.37. The van der Waals surface area contributed by atoms with E-state index in [1.54, 1.807) is 47.5 Å². The minimum atomic E-state index is -4.82. The van der Waals surface area contributed by atoms with Crippen LogP contribution in [0.5, 0.6) is 5.75 Å². The van der Waals surface area contributed by atoms with Crippen molar-refractivity contribution >= 4 is 11.8 Å². The number of anilines is 1. The van der Waals surface area contributed by atoms with Crippen LogP contribution in [0.15, 0.2) is 60.8 Å². The minimum absolute atomic E-state index is 0.146. The first-order valence-electron chi connectivity index (χ1n) is 11.8. The van der Waals surface area contributed by atoms with E-state index in [0.717, 1.165) is 23.3 Å². The van der Waals surface area contributed by atoms with Crippen LogP contribution in [0.4, 0.5) is 27.8 Å². The number of hydrogen-bond donors (Lipinski definition) is 1. The predicted molar refractivity (Wildman–Crippen MR) is 134 cm³/mol. The molecule has 0 fully saturated rings. The second kappa shape index (κ2) is 11.0. The Morgan fingerprint density at radius 2 is 1.63 bits per heavy atom. The molecule has 38 heavy (non-hydrogen) atoms. The highest BCUT2D eigenvalue weighted by atomic mass is 19.4. The van der Waals surface area contributed by atoms with E-state index < -0.39 is 34.8 Å². The third-order valence-electron chi connectivity index (χ3n) is 5.98. The van der Waals surface area contributed by atoms with Crippen LogP contribution >= 0.6 is 0 Å². The Kier molecular flexibility index (Phi) is 8.33. The Balaban J connectivity index is 1.86. The van der Waals surface area contributed by atoms with Crippen LogP contribution in [0.2, 0.25) is 0 Å². The molecule has 3 rings (SSSR count). The van der Waals surface area contributed by atoms with E-state index in [0.29, 0.717) is 31.0 Å². The lowest BCUT2D eigenvalue weighted by Crippen LogP contribution is -2.37. The van der Waals surface area contributed by atoms with Crippen LogP contribution < -0.4 is 9.64 Å². The number of carbonyl (C=O) groups is 1. The van der Waals surface area contributed by atoms with Gasteiger partial charge in [0.2, 0.25) is 0 Å². The van der Waals surface area contributed by atoms with Gasteiger partial charge in [-0.3, -0.25) is 0 Å². The summed E-state index contributed by atoms with van der Waals surface area (Å²) in [6.45, 7) is 5.33. The molecular formula is C28H29F5N2O3. The summed E-state index contributed by atoms with van der Waals surface area (Å²) < 4.78 is 74.6. The van der Waals surface area contributed by atoms with Gasteiger partial charge >= 0.3 is 12.1 Å². The first kappa shape index (κ1) is 28.9. The number of rotatable bonds is 10. The van der Waals surface area contributed by atoms with E-state index in [2.05, 4.69) is 4.98 Å². The lowest BCUT2D eigenvalue weighted by molar-refractivity contribution is -0.152. The van der Waals surface area contributed by atoms with Gasteiger partial charge in [0.15, 0.2) is 5.60 Å². The fraction of sp³-hybridized carbons (Fsp3) is 0.357. The minimum Gasteiger partial charge on any atom is -0.478 e. The Hall–Kier alpha value is -3.69. The zero-order chi connectivity index (χ0) is 28.3. The van der Waals surface area contributed by atoms with Gasteiger partial charge in [0, 0.05) is 31.8 Å². The number of alkyl halides is 5. The average Bonchev–Trinajstić information content (AvgIpc) is 2.81. The maximum atomic E-state index is 13.9. The Labute approximate surface area is 217 Å². The number of benzene rings is 2. The van der Waals surface area contributed by atoms with Crippen LogP contribution in [-0.4, -0.2) is 28.2 Å². The molecule has 0 spiro atoms. The molecule has 0 aliphatic carbocycles. The Morgan fingerprint density at radius 3 is 2.16 bits per heavy atom. The van der Waals surface area contributed by atoms with E-state index in [4.69, 9.17) is 4.74 Å². The summed E-state index contributed by atoms with van der Waals surface area (Å²) in [5, 5.41) is 9.23. The number of aliphatic carboxylic acids is 1. The summed E-state index contributed by atoms with van der Waals surface area (Å²) in [7, 11) is 0. The Bertz CT molecular complexity index is 1250.